The Morgan fingerprint density at radius 3 is 2.74 bits per heavy atom. The minimum atomic E-state index is -0.732. The first-order valence-corrected chi connectivity index (χ1v) is 12.4. The maximum Gasteiger partial charge on any atom is 0.413 e. The summed E-state index contributed by atoms with van der Waals surface area (Å²) in [6, 6.07) is 7.49. The number of urea groups is 1. The topological polar surface area (TPSA) is 87.7 Å². The van der Waals surface area contributed by atoms with Crippen LogP contribution < -0.4 is 10.2 Å². The van der Waals surface area contributed by atoms with Crippen LogP contribution in [0.15, 0.2) is 28.6 Å². The Hall–Kier alpha value is -2.33. The van der Waals surface area contributed by atoms with Gasteiger partial charge in [0, 0.05) is 31.5 Å². The van der Waals surface area contributed by atoms with Crippen molar-refractivity contribution in [3.8, 4) is 0 Å². The highest BCUT2D eigenvalue weighted by molar-refractivity contribution is 8.01. The molecule has 0 radical (unpaired) electrons. The standard InChI is InChI=1S/C21H29N5O3S2/c1-4-6-7-15-8-10-16(11-9-15)22-19(27)29-17-12-13-25(3)21(28)26(17)18-23-24-20(31-18)30-14-5-2/h8-11,17H,4-7,12-14H2,1-3H3,(H,22,27). The van der Waals surface area contributed by atoms with E-state index in [1.165, 1.54) is 21.8 Å². The van der Waals surface area contributed by atoms with Gasteiger partial charge in [-0.2, -0.15) is 0 Å². The van der Waals surface area contributed by atoms with Crippen molar-refractivity contribution in [2.45, 2.75) is 56.5 Å². The molecule has 0 bridgehead atoms. The summed E-state index contributed by atoms with van der Waals surface area (Å²) in [5.74, 6) is 0.933. The van der Waals surface area contributed by atoms with Crippen LogP contribution in [0.5, 0.6) is 0 Å². The van der Waals surface area contributed by atoms with Crippen LogP contribution in [0, 0.1) is 0 Å². The van der Waals surface area contributed by atoms with E-state index >= 15 is 0 Å². The molecule has 1 N–H and O–H groups in total. The quantitative estimate of drug-likeness (QED) is 0.405. The molecule has 8 nitrogen and oxygen atoms in total. The Kier molecular flexibility index (Phi) is 8.53. The number of anilines is 2. The van der Waals surface area contributed by atoms with E-state index in [9.17, 15) is 9.59 Å². The first-order chi connectivity index (χ1) is 15.0. The lowest BCUT2D eigenvalue weighted by atomic mass is 10.1. The Bertz CT molecular complexity index is 874. The number of rotatable bonds is 9. The van der Waals surface area contributed by atoms with Crippen molar-refractivity contribution in [3.63, 3.8) is 0 Å². The number of hydrogen-bond donors (Lipinski definition) is 1. The number of benzene rings is 1. The zero-order chi connectivity index (χ0) is 22.2. The average Bonchev–Trinajstić information content (AvgIpc) is 3.23. The minimum Gasteiger partial charge on any atom is -0.425 e. The van der Waals surface area contributed by atoms with Gasteiger partial charge in [0.2, 0.25) is 5.13 Å². The molecule has 1 fully saturated rings. The summed E-state index contributed by atoms with van der Waals surface area (Å²) in [4.78, 5) is 28.3. The summed E-state index contributed by atoms with van der Waals surface area (Å²) < 4.78 is 6.42. The summed E-state index contributed by atoms with van der Waals surface area (Å²) in [7, 11) is 1.72. The molecule has 168 valence electrons. The molecule has 1 aliphatic rings. The summed E-state index contributed by atoms with van der Waals surface area (Å²) in [5.41, 5.74) is 1.89. The van der Waals surface area contributed by atoms with Gasteiger partial charge in [0.1, 0.15) is 0 Å². The van der Waals surface area contributed by atoms with Gasteiger partial charge < -0.3 is 9.64 Å². The van der Waals surface area contributed by atoms with Gasteiger partial charge in [0.25, 0.3) is 0 Å². The fourth-order valence-corrected chi connectivity index (χ4v) is 4.91. The van der Waals surface area contributed by atoms with Gasteiger partial charge in [0.05, 0.1) is 0 Å². The number of aromatic nitrogens is 2. The first kappa shape index (κ1) is 23.3. The van der Waals surface area contributed by atoms with Crippen molar-refractivity contribution < 1.29 is 14.3 Å². The molecule has 3 amide bonds. The number of thioether (sulfide) groups is 1. The zero-order valence-electron chi connectivity index (χ0n) is 18.2. The van der Waals surface area contributed by atoms with Crippen LogP contribution in [0.25, 0.3) is 0 Å². The normalized spacial score (nSPS) is 16.5. The van der Waals surface area contributed by atoms with E-state index in [0.717, 1.165) is 35.8 Å². The molecule has 2 heterocycles. The van der Waals surface area contributed by atoms with Gasteiger partial charge in [-0.1, -0.05) is 55.5 Å². The van der Waals surface area contributed by atoms with Gasteiger partial charge in [-0.15, -0.1) is 10.2 Å². The smallest absolute Gasteiger partial charge is 0.413 e. The highest BCUT2D eigenvalue weighted by Gasteiger charge is 2.37. The van der Waals surface area contributed by atoms with Crippen molar-refractivity contribution in [2.24, 2.45) is 0 Å². The maximum absolute atomic E-state index is 12.8. The van der Waals surface area contributed by atoms with E-state index in [2.05, 4.69) is 29.4 Å². The van der Waals surface area contributed by atoms with Crippen molar-refractivity contribution in [3.05, 3.63) is 29.8 Å². The number of carbonyl (C=O) groups is 2. The second-order valence-corrected chi connectivity index (χ2v) is 9.65. The number of carbonyl (C=O) groups excluding carboxylic acids is 2. The number of aryl methyl sites for hydroxylation is 1. The van der Waals surface area contributed by atoms with Crippen LogP contribution in [0.3, 0.4) is 0 Å². The Labute approximate surface area is 191 Å². The predicted molar refractivity (Wildman–Crippen MR) is 125 cm³/mol. The molecule has 1 aromatic heterocycles. The second kappa shape index (κ2) is 11.3. The summed E-state index contributed by atoms with van der Waals surface area (Å²) in [6.45, 7) is 4.75. The summed E-state index contributed by atoms with van der Waals surface area (Å²) >= 11 is 2.94. The lowest BCUT2D eigenvalue weighted by Gasteiger charge is -2.37. The van der Waals surface area contributed by atoms with Crippen molar-refractivity contribution in [1.29, 1.82) is 0 Å². The fourth-order valence-electron chi connectivity index (χ4n) is 3.11. The minimum absolute atomic E-state index is 0.257. The average molecular weight is 464 g/mol. The van der Waals surface area contributed by atoms with Crippen molar-refractivity contribution >= 4 is 46.0 Å². The lowest BCUT2D eigenvalue weighted by Crippen LogP contribution is -2.55. The van der Waals surface area contributed by atoms with Crippen molar-refractivity contribution in [2.75, 3.05) is 29.6 Å². The maximum atomic E-state index is 12.8. The summed E-state index contributed by atoms with van der Waals surface area (Å²) in [5, 5.41) is 11.5. The Balaban J connectivity index is 1.65. The number of unbranched alkanes of at least 4 members (excludes halogenated alkanes) is 1. The molecule has 2 aromatic rings. The van der Waals surface area contributed by atoms with E-state index in [1.807, 2.05) is 24.3 Å². The molecule has 3 rings (SSSR count). The number of ether oxygens (including phenoxy) is 1. The van der Waals surface area contributed by atoms with Crippen LogP contribution in [-0.4, -0.2) is 52.8 Å². The molecular formula is C21H29N5O3S2. The molecule has 0 saturated carbocycles. The second-order valence-electron chi connectivity index (χ2n) is 7.35. The van der Waals surface area contributed by atoms with E-state index < -0.39 is 12.3 Å². The van der Waals surface area contributed by atoms with Crippen LogP contribution >= 0.6 is 23.1 Å². The lowest BCUT2D eigenvalue weighted by molar-refractivity contribution is 0.0841. The SMILES string of the molecule is CCCCc1ccc(NC(=O)OC2CCN(C)C(=O)N2c2nnc(SCCC)s2)cc1. The van der Waals surface area contributed by atoms with Crippen molar-refractivity contribution in [1.82, 2.24) is 15.1 Å². The van der Waals surface area contributed by atoms with E-state index in [-0.39, 0.29) is 6.03 Å². The zero-order valence-corrected chi connectivity index (χ0v) is 19.8. The van der Waals surface area contributed by atoms with Crippen LogP contribution in [-0.2, 0) is 11.2 Å². The molecule has 0 aliphatic carbocycles. The molecular weight excluding hydrogens is 434 g/mol. The Morgan fingerprint density at radius 1 is 1.26 bits per heavy atom. The van der Waals surface area contributed by atoms with E-state index in [0.29, 0.717) is 23.8 Å². The molecule has 1 atom stereocenters. The molecule has 31 heavy (non-hydrogen) atoms. The Morgan fingerprint density at radius 2 is 2.03 bits per heavy atom. The van der Waals surface area contributed by atoms with Gasteiger partial charge in [-0.3, -0.25) is 5.32 Å². The van der Waals surface area contributed by atoms with E-state index in [1.54, 1.807) is 23.7 Å². The third-order valence-electron chi connectivity index (χ3n) is 4.83. The number of nitrogens with one attached hydrogen (secondary N) is 1. The predicted octanol–water partition coefficient (Wildman–Crippen LogP) is 5.22. The number of nitrogens with zero attached hydrogens (tertiary/aromatic N) is 4. The monoisotopic (exact) mass is 463 g/mol. The number of hydrogen-bond acceptors (Lipinski definition) is 7. The highest BCUT2D eigenvalue weighted by Crippen LogP contribution is 2.32. The van der Waals surface area contributed by atoms with Crippen LogP contribution in [0.4, 0.5) is 20.4 Å². The fraction of sp³-hybridized carbons (Fsp3) is 0.524. The number of amides is 3. The van der Waals surface area contributed by atoms with Gasteiger partial charge in [-0.05, 0) is 37.0 Å². The van der Waals surface area contributed by atoms with Gasteiger partial charge in [0.15, 0.2) is 10.6 Å². The van der Waals surface area contributed by atoms with Crippen LogP contribution in [0.1, 0.15) is 45.1 Å². The first-order valence-electron chi connectivity index (χ1n) is 10.6. The third-order valence-corrected chi connectivity index (χ3v) is 7.09. The summed E-state index contributed by atoms with van der Waals surface area (Å²) in [6.07, 6.45) is 3.49. The molecule has 1 unspecified atom stereocenters. The van der Waals surface area contributed by atoms with Gasteiger partial charge in [-0.25, -0.2) is 14.5 Å². The molecule has 1 saturated heterocycles. The molecule has 10 heteroatoms. The van der Waals surface area contributed by atoms with Crippen LogP contribution in [0.2, 0.25) is 0 Å². The largest absolute Gasteiger partial charge is 0.425 e. The third kappa shape index (κ3) is 6.33. The van der Waals surface area contributed by atoms with Gasteiger partial charge >= 0.3 is 12.1 Å². The molecule has 1 aromatic carbocycles. The highest BCUT2D eigenvalue weighted by atomic mass is 32.2. The molecule has 0 spiro atoms. The van der Waals surface area contributed by atoms with E-state index in [4.69, 9.17) is 4.74 Å². The molecule has 1 aliphatic heterocycles.